The fourth-order valence-corrected chi connectivity index (χ4v) is 4.11. The third kappa shape index (κ3) is 4.09. The molecule has 2 aromatic carbocycles. The van der Waals surface area contributed by atoms with Crippen LogP contribution in [0.2, 0.25) is 0 Å². The lowest BCUT2D eigenvalue weighted by atomic mass is 9.96. The molecule has 0 aliphatic carbocycles. The molecule has 1 aliphatic rings. The number of carbonyl (C=O) groups is 1. The highest BCUT2D eigenvalue weighted by atomic mass is 19.3. The maximum Gasteiger partial charge on any atom is 0.314 e. The number of nitrogens with zero attached hydrogens (tertiary/aromatic N) is 4. The molecule has 0 unspecified atom stereocenters. The average molecular weight is 502 g/mol. The zero-order valence-electron chi connectivity index (χ0n) is 18.1. The Balaban J connectivity index is 1.55. The first-order chi connectivity index (χ1) is 17.2. The van der Waals surface area contributed by atoms with E-state index in [2.05, 4.69) is 15.2 Å². The summed E-state index contributed by atoms with van der Waals surface area (Å²) < 4.78 is 72.5. The molecule has 12 heteroatoms. The summed E-state index contributed by atoms with van der Waals surface area (Å²) in [5.74, 6) is -6.40. The minimum absolute atomic E-state index is 0.0737. The minimum atomic E-state index is -2.97. The summed E-state index contributed by atoms with van der Waals surface area (Å²) in [6.45, 7) is -0.0737. The van der Waals surface area contributed by atoms with Crippen molar-refractivity contribution in [3.8, 4) is 11.5 Å². The predicted molar refractivity (Wildman–Crippen MR) is 113 cm³/mol. The van der Waals surface area contributed by atoms with Crippen LogP contribution in [0.25, 0.3) is 11.5 Å². The Labute approximate surface area is 199 Å². The molecule has 4 aromatic rings. The Hall–Kier alpha value is -4.19. The van der Waals surface area contributed by atoms with Crippen LogP contribution in [0.5, 0.6) is 0 Å². The number of aromatic nitrogens is 3. The van der Waals surface area contributed by atoms with E-state index in [0.717, 1.165) is 4.90 Å². The number of halogens is 5. The molecule has 0 spiro atoms. The van der Waals surface area contributed by atoms with Crippen LogP contribution >= 0.6 is 0 Å². The van der Waals surface area contributed by atoms with Gasteiger partial charge in [-0.25, -0.2) is 13.2 Å². The minimum Gasteiger partial charge on any atom is -0.415 e. The van der Waals surface area contributed by atoms with Gasteiger partial charge in [0.1, 0.15) is 6.10 Å². The van der Waals surface area contributed by atoms with Crippen molar-refractivity contribution in [1.29, 1.82) is 0 Å². The number of aliphatic hydroxyl groups excluding tert-OH is 1. The van der Waals surface area contributed by atoms with E-state index in [-0.39, 0.29) is 34.8 Å². The summed E-state index contributed by atoms with van der Waals surface area (Å²) in [7, 11) is 0. The topological polar surface area (TPSA) is 92.4 Å². The maximum atomic E-state index is 14.1. The number of amides is 1. The Morgan fingerprint density at radius 3 is 2.39 bits per heavy atom. The number of carbonyl (C=O) groups excluding carboxylic acids is 1. The molecular formula is C24H15F5N4O3. The second kappa shape index (κ2) is 9.11. The lowest BCUT2D eigenvalue weighted by Crippen LogP contribution is -2.34. The Morgan fingerprint density at radius 2 is 1.75 bits per heavy atom. The zero-order valence-corrected chi connectivity index (χ0v) is 18.1. The summed E-state index contributed by atoms with van der Waals surface area (Å²) in [6, 6.07) is 9.10. The van der Waals surface area contributed by atoms with Gasteiger partial charge < -0.3 is 14.4 Å². The molecular weight excluding hydrogens is 487 g/mol. The number of alkyl halides is 2. The van der Waals surface area contributed by atoms with Gasteiger partial charge in [0.25, 0.3) is 11.8 Å². The molecule has 0 saturated carbocycles. The number of fused-ring (bicyclic) bond motifs is 1. The molecule has 5 rings (SSSR count). The second-order valence-electron chi connectivity index (χ2n) is 7.99. The van der Waals surface area contributed by atoms with Crippen LogP contribution in [-0.2, 0) is 6.54 Å². The van der Waals surface area contributed by atoms with Gasteiger partial charge in [0.2, 0.25) is 5.89 Å². The van der Waals surface area contributed by atoms with Gasteiger partial charge in [-0.2, -0.15) is 8.78 Å². The molecule has 36 heavy (non-hydrogen) atoms. The summed E-state index contributed by atoms with van der Waals surface area (Å²) >= 11 is 0. The third-order valence-corrected chi connectivity index (χ3v) is 5.79. The maximum absolute atomic E-state index is 14.1. The van der Waals surface area contributed by atoms with E-state index >= 15 is 0 Å². The smallest absolute Gasteiger partial charge is 0.314 e. The lowest BCUT2D eigenvalue weighted by molar-refractivity contribution is 0.0343. The Morgan fingerprint density at radius 1 is 1.00 bits per heavy atom. The molecule has 1 amide bonds. The fourth-order valence-electron chi connectivity index (χ4n) is 4.11. The van der Waals surface area contributed by atoms with Crippen molar-refractivity contribution >= 4 is 5.91 Å². The van der Waals surface area contributed by atoms with Crippen molar-refractivity contribution in [2.24, 2.45) is 0 Å². The number of pyridine rings is 1. The quantitative estimate of drug-likeness (QED) is 0.297. The summed E-state index contributed by atoms with van der Waals surface area (Å²) in [4.78, 5) is 18.7. The van der Waals surface area contributed by atoms with E-state index in [1.54, 1.807) is 12.1 Å². The molecule has 184 valence electrons. The number of benzene rings is 2. The summed E-state index contributed by atoms with van der Waals surface area (Å²) in [5.41, 5.74) is 0.736. The van der Waals surface area contributed by atoms with Gasteiger partial charge in [0, 0.05) is 23.9 Å². The van der Waals surface area contributed by atoms with Gasteiger partial charge in [-0.3, -0.25) is 9.78 Å². The highest BCUT2D eigenvalue weighted by Crippen LogP contribution is 2.40. The number of hydrogen-bond donors (Lipinski definition) is 1. The van der Waals surface area contributed by atoms with E-state index in [4.69, 9.17) is 4.42 Å². The third-order valence-electron chi connectivity index (χ3n) is 5.79. The average Bonchev–Trinajstić information content (AvgIpc) is 3.49. The van der Waals surface area contributed by atoms with E-state index < -0.39 is 47.8 Å². The molecule has 2 atom stereocenters. The summed E-state index contributed by atoms with van der Waals surface area (Å²) in [5, 5.41) is 18.0. The largest absolute Gasteiger partial charge is 0.415 e. The van der Waals surface area contributed by atoms with E-state index in [1.807, 2.05) is 0 Å². The van der Waals surface area contributed by atoms with Crippen molar-refractivity contribution in [2.45, 2.75) is 25.1 Å². The van der Waals surface area contributed by atoms with Crippen LogP contribution in [0.15, 0.2) is 59.1 Å². The van der Waals surface area contributed by atoms with Crippen LogP contribution in [0.3, 0.4) is 0 Å². The van der Waals surface area contributed by atoms with Crippen LogP contribution < -0.4 is 0 Å². The van der Waals surface area contributed by atoms with Gasteiger partial charge in [-0.1, -0.05) is 12.1 Å². The molecule has 2 aromatic heterocycles. The van der Waals surface area contributed by atoms with Gasteiger partial charge in [-0.05, 0) is 47.5 Å². The van der Waals surface area contributed by atoms with Crippen molar-refractivity contribution in [3.05, 3.63) is 100 Å². The molecule has 0 radical (unpaired) electrons. The molecule has 1 aliphatic heterocycles. The van der Waals surface area contributed by atoms with E-state index in [1.165, 1.54) is 30.5 Å². The Bertz CT molecular complexity index is 1420. The van der Waals surface area contributed by atoms with Crippen LogP contribution in [0.4, 0.5) is 22.0 Å². The van der Waals surface area contributed by atoms with Crippen LogP contribution in [0.1, 0.15) is 51.6 Å². The molecule has 0 bridgehead atoms. The molecule has 1 N–H and O–H groups in total. The van der Waals surface area contributed by atoms with E-state index in [0.29, 0.717) is 17.7 Å². The van der Waals surface area contributed by atoms with Gasteiger partial charge in [-0.15, -0.1) is 10.2 Å². The number of hydrogen-bond acceptors (Lipinski definition) is 6. The fraction of sp³-hybridized carbons (Fsp3) is 0.167. The lowest BCUT2D eigenvalue weighted by Gasteiger charge is -2.32. The van der Waals surface area contributed by atoms with Gasteiger partial charge in [0.15, 0.2) is 17.5 Å². The van der Waals surface area contributed by atoms with Crippen LogP contribution in [0, 0.1) is 17.5 Å². The number of aliphatic hydroxyl groups is 1. The monoisotopic (exact) mass is 502 g/mol. The van der Waals surface area contributed by atoms with E-state index in [9.17, 15) is 31.9 Å². The molecule has 0 fully saturated rings. The predicted octanol–water partition coefficient (Wildman–Crippen LogP) is 4.92. The first kappa shape index (κ1) is 23.5. The normalized spacial score (nSPS) is 14.9. The van der Waals surface area contributed by atoms with Crippen LogP contribution in [-0.4, -0.2) is 31.1 Å². The Kier molecular flexibility index (Phi) is 5.96. The standard InChI is InChI=1S/C24H15F5N4O3/c25-15-8-13(9-16(26)18(15)27)19(20(34)17-3-1-2-6-30-17)33-10-12-5-4-11(7-14(12)24(33)35)22-31-32-23(36-22)21(28)29/h1-9,19-21,34H,10H2/t19-,20+/m1/s1. The first-order valence-corrected chi connectivity index (χ1v) is 10.5. The first-order valence-electron chi connectivity index (χ1n) is 10.5. The van der Waals surface area contributed by atoms with Gasteiger partial charge in [0.05, 0.1) is 11.7 Å². The highest BCUT2D eigenvalue weighted by Gasteiger charge is 2.39. The van der Waals surface area contributed by atoms with Crippen molar-refractivity contribution in [1.82, 2.24) is 20.1 Å². The zero-order chi connectivity index (χ0) is 25.6. The molecule has 0 saturated heterocycles. The molecule has 7 nitrogen and oxygen atoms in total. The van der Waals surface area contributed by atoms with Crippen molar-refractivity contribution in [3.63, 3.8) is 0 Å². The molecule has 3 heterocycles. The second-order valence-corrected chi connectivity index (χ2v) is 7.99. The van der Waals surface area contributed by atoms with Crippen molar-refractivity contribution in [2.75, 3.05) is 0 Å². The SMILES string of the molecule is O=C1c2cc(-c3nnc(C(F)F)o3)ccc2CN1[C@H](c1cc(F)c(F)c(F)c1)[C@@H](O)c1ccccn1. The number of rotatable bonds is 6. The summed E-state index contributed by atoms with van der Waals surface area (Å²) in [6.07, 6.45) is -3.10. The van der Waals surface area contributed by atoms with Crippen molar-refractivity contribution < 1.29 is 36.3 Å². The van der Waals surface area contributed by atoms with Gasteiger partial charge >= 0.3 is 6.43 Å². The highest BCUT2D eigenvalue weighted by molar-refractivity contribution is 5.99.